The Morgan fingerprint density at radius 3 is 2.18 bits per heavy atom. The van der Waals surface area contributed by atoms with E-state index in [1.807, 2.05) is 12.1 Å². The molecular weight excluding hydrogens is 380 g/mol. The van der Waals surface area contributed by atoms with E-state index < -0.39 is 10.0 Å². The van der Waals surface area contributed by atoms with Gasteiger partial charge in [-0.1, -0.05) is 19.1 Å². The SMILES string of the molecule is CCN(CCc1ccc(NS(C)(=O)=O)cc1)CCc1cc(=O)n(C)c(=O)n1C. The first kappa shape index (κ1) is 21.9. The molecule has 0 aliphatic carbocycles. The normalized spacial score (nSPS) is 11.8. The van der Waals surface area contributed by atoms with Crippen molar-refractivity contribution in [3.8, 4) is 0 Å². The van der Waals surface area contributed by atoms with Crippen LogP contribution in [0.4, 0.5) is 5.69 Å². The minimum Gasteiger partial charge on any atom is -0.303 e. The summed E-state index contributed by atoms with van der Waals surface area (Å²) in [4.78, 5) is 26.1. The van der Waals surface area contributed by atoms with Gasteiger partial charge in [0.05, 0.1) is 6.26 Å². The number of benzene rings is 1. The van der Waals surface area contributed by atoms with Crippen LogP contribution in [0.15, 0.2) is 39.9 Å². The van der Waals surface area contributed by atoms with E-state index in [9.17, 15) is 18.0 Å². The molecule has 0 atom stereocenters. The van der Waals surface area contributed by atoms with Crippen molar-refractivity contribution in [1.29, 1.82) is 0 Å². The number of nitrogens with zero attached hydrogens (tertiary/aromatic N) is 3. The maximum atomic E-state index is 12.0. The number of sulfonamides is 1. The largest absolute Gasteiger partial charge is 0.330 e. The summed E-state index contributed by atoms with van der Waals surface area (Å²) >= 11 is 0. The van der Waals surface area contributed by atoms with Crippen molar-refractivity contribution in [1.82, 2.24) is 14.0 Å². The lowest BCUT2D eigenvalue weighted by Crippen LogP contribution is -2.39. The van der Waals surface area contributed by atoms with Gasteiger partial charge >= 0.3 is 5.69 Å². The fraction of sp³-hybridized carbons (Fsp3) is 0.474. The van der Waals surface area contributed by atoms with E-state index in [1.165, 1.54) is 17.7 Å². The molecule has 154 valence electrons. The standard InChI is InChI=1S/C19H28N4O4S/c1-5-23(13-11-17-14-18(24)22(3)19(25)21(17)2)12-10-15-6-8-16(9-7-15)20-28(4,26)27/h6-9,14,20H,5,10-13H2,1-4H3. The highest BCUT2D eigenvalue weighted by Crippen LogP contribution is 2.12. The van der Waals surface area contributed by atoms with Crippen LogP contribution in [-0.2, 0) is 37.0 Å². The second-order valence-corrected chi connectivity index (χ2v) is 8.63. The monoisotopic (exact) mass is 408 g/mol. The third-order valence-electron chi connectivity index (χ3n) is 4.73. The Labute approximate surface area is 165 Å². The Balaban J connectivity index is 1.95. The average molecular weight is 409 g/mol. The third kappa shape index (κ3) is 6.07. The highest BCUT2D eigenvalue weighted by molar-refractivity contribution is 7.92. The number of hydrogen-bond donors (Lipinski definition) is 1. The summed E-state index contributed by atoms with van der Waals surface area (Å²) in [5.41, 5.74) is 1.78. The summed E-state index contributed by atoms with van der Waals surface area (Å²) < 4.78 is 27.6. The van der Waals surface area contributed by atoms with Gasteiger partial charge in [-0.15, -0.1) is 0 Å². The first-order chi connectivity index (χ1) is 13.1. The molecule has 1 aromatic carbocycles. The van der Waals surface area contributed by atoms with Crippen LogP contribution < -0.4 is 16.0 Å². The van der Waals surface area contributed by atoms with Crippen molar-refractivity contribution >= 4 is 15.7 Å². The van der Waals surface area contributed by atoms with Gasteiger partial charge < -0.3 is 9.47 Å². The van der Waals surface area contributed by atoms with Crippen LogP contribution >= 0.6 is 0 Å². The van der Waals surface area contributed by atoms with Gasteiger partial charge in [-0.25, -0.2) is 13.2 Å². The van der Waals surface area contributed by atoms with Gasteiger partial charge in [0, 0.05) is 51.1 Å². The molecule has 1 N–H and O–H groups in total. The van der Waals surface area contributed by atoms with Crippen LogP contribution in [0.5, 0.6) is 0 Å². The van der Waals surface area contributed by atoms with Gasteiger partial charge in [-0.3, -0.25) is 14.1 Å². The number of likely N-dealkylation sites (N-methyl/N-ethyl adjacent to an activating group) is 1. The highest BCUT2D eigenvalue weighted by Gasteiger charge is 2.09. The lowest BCUT2D eigenvalue weighted by atomic mass is 10.1. The molecule has 0 aliphatic rings. The Morgan fingerprint density at radius 2 is 1.61 bits per heavy atom. The molecule has 0 amide bonds. The average Bonchev–Trinajstić information content (AvgIpc) is 2.64. The van der Waals surface area contributed by atoms with Gasteiger partial charge in [0.1, 0.15) is 0 Å². The molecule has 0 saturated heterocycles. The number of anilines is 1. The van der Waals surface area contributed by atoms with Crippen LogP contribution in [0, 0.1) is 0 Å². The second-order valence-electron chi connectivity index (χ2n) is 6.88. The minimum atomic E-state index is -3.27. The number of nitrogens with one attached hydrogen (secondary N) is 1. The fourth-order valence-corrected chi connectivity index (χ4v) is 3.52. The molecular formula is C19H28N4O4S. The lowest BCUT2D eigenvalue weighted by Gasteiger charge is -2.21. The van der Waals surface area contributed by atoms with E-state index in [-0.39, 0.29) is 11.2 Å². The van der Waals surface area contributed by atoms with Gasteiger partial charge in [0.25, 0.3) is 5.56 Å². The van der Waals surface area contributed by atoms with Crippen molar-refractivity contribution < 1.29 is 8.42 Å². The number of hydrogen-bond acceptors (Lipinski definition) is 5. The summed E-state index contributed by atoms with van der Waals surface area (Å²) in [5.74, 6) is 0. The Bertz CT molecular complexity index is 1020. The topological polar surface area (TPSA) is 93.4 Å². The zero-order chi connectivity index (χ0) is 20.9. The first-order valence-corrected chi connectivity index (χ1v) is 11.0. The zero-order valence-electron chi connectivity index (χ0n) is 16.8. The van der Waals surface area contributed by atoms with Gasteiger partial charge in [-0.05, 0) is 30.7 Å². The predicted octanol–water partition coefficient (Wildman–Crippen LogP) is 0.563. The van der Waals surface area contributed by atoms with Gasteiger partial charge in [0.2, 0.25) is 10.0 Å². The Kier molecular flexibility index (Phi) is 7.20. The van der Waals surface area contributed by atoms with Crippen LogP contribution in [0.3, 0.4) is 0 Å². The van der Waals surface area contributed by atoms with Gasteiger partial charge in [-0.2, -0.15) is 0 Å². The zero-order valence-corrected chi connectivity index (χ0v) is 17.6. The van der Waals surface area contributed by atoms with E-state index >= 15 is 0 Å². The molecule has 0 saturated carbocycles. The quantitative estimate of drug-likeness (QED) is 0.655. The number of rotatable bonds is 9. The molecule has 1 aromatic heterocycles. The molecule has 0 unspecified atom stereocenters. The molecule has 0 fully saturated rings. The van der Waals surface area contributed by atoms with Crippen LogP contribution in [0.25, 0.3) is 0 Å². The van der Waals surface area contributed by atoms with Crippen molar-refractivity contribution in [3.05, 3.63) is 62.4 Å². The molecule has 0 bridgehead atoms. The van der Waals surface area contributed by atoms with E-state index in [0.717, 1.165) is 48.1 Å². The molecule has 28 heavy (non-hydrogen) atoms. The minimum absolute atomic E-state index is 0.288. The summed E-state index contributed by atoms with van der Waals surface area (Å²) in [7, 11) is -0.116. The fourth-order valence-electron chi connectivity index (χ4n) is 2.96. The second kappa shape index (κ2) is 9.20. The van der Waals surface area contributed by atoms with Crippen molar-refractivity contribution in [2.75, 3.05) is 30.6 Å². The third-order valence-corrected chi connectivity index (χ3v) is 5.34. The number of aromatic nitrogens is 2. The highest BCUT2D eigenvalue weighted by atomic mass is 32.2. The molecule has 2 rings (SSSR count). The van der Waals surface area contributed by atoms with E-state index in [1.54, 1.807) is 19.2 Å². The van der Waals surface area contributed by atoms with E-state index in [0.29, 0.717) is 12.1 Å². The molecule has 1 heterocycles. The summed E-state index contributed by atoms with van der Waals surface area (Å²) in [6, 6.07) is 8.84. The van der Waals surface area contributed by atoms with Crippen molar-refractivity contribution in [3.63, 3.8) is 0 Å². The lowest BCUT2D eigenvalue weighted by molar-refractivity contribution is 0.293. The van der Waals surface area contributed by atoms with Crippen LogP contribution in [0.1, 0.15) is 18.2 Å². The Morgan fingerprint density at radius 1 is 1.00 bits per heavy atom. The Hall–Kier alpha value is -2.39. The summed E-state index contributed by atoms with van der Waals surface area (Å²) in [5, 5.41) is 0. The van der Waals surface area contributed by atoms with Crippen molar-refractivity contribution in [2.45, 2.75) is 19.8 Å². The molecule has 9 heteroatoms. The summed E-state index contributed by atoms with van der Waals surface area (Å²) in [6.07, 6.45) is 2.56. The van der Waals surface area contributed by atoms with Crippen LogP contribution in [-0.4, -0.2) is 48.3 Å². The van der Waals surface area contributed by atoms with Crippen molar-refractivity contribution in [2.24, 2.45) is 14.1 Å². The smallest absolute Gasteiger partial charge is 0.303 e. The maximum Gasteiger partial charge on any atom is 0.330 e. The molecule has 2 aromatic rings. The van der Waals surface area contributed by atoms with Gasteiger partial charge in [0.15, 0.2) is 0 Å². The van der Waals surface area contributed by atoms with E-state index in [2.05, 4.69) is 16.5 Å². The van der Waals surface area contributed by atoms with E-state index in [4.69, 9.17) is 0 Å². The first-order valence-electron chi connectivity index (χ1n) is 9.15. The predicted molar refractivity (Wildman–Crippen MR) is 111 cm³/mol. The molecule has 0 aliphatic heterocycles. The maximum absolute atomic E-state index is 12.0. The molecule has 0 spiro atoms. The molecule has 8 nitrogen and oxygen atoms in total. The molecule has 0 radical (unpaired) electrons. The van der Waals surface area contributed by atoms with Crippen LogP contribution in [0.2, 0.25) is 0 Å². The summed E-state index contributed by atoms with van der Waals surface area (Å²) in [6.45, 7) is 4.49.